The molecule has 0 aliphatic carbocycles. The van der Waals surface area contributed by atoms with E-state index in [4.69, 9.17) is 0 Å². The highest BCUT2D eigenvalue weighted by Gasteiger charge is 2.31. The summed E-state index contributed by atoms with van der Waals surface area (Å²) in [6.07, 6.45) is -0.446. The van der Waals surface area contributed by atoms with Crippen LogP contribution in [0.1, 0.15) is 39.7 Å². The molecule has 0 amide bonds. The Morgan fingerprint density at radius 3 is 2.43 bits per heavy atom. The van der Waals surface area contributed by atoms with Crippen LogP contribution in [0.25, 0.3) is 0 Å². The van der Waals surface area contributed by atoms with E-state index in [0.29, 0.717) is 25.2 Å². The van der Waals surface area contributed by atoms with Crippen molar-refractivity contribution in [2.75, 3.05) is 18.0 Å². The lowest BCUT2D eigenvalue weighted by atomic mass is 10.1. The summed E-state index contributed by atoms with van der Waals surface area (Å²) in [4.78, 5) is 5.34. The molecule has 6 heteroatoms. The van der Waals surface area contributed by atoms with Crippen LogP contribution in [0.3, 0.4) is 0 Å². The summed E-state index contributed by atoms with van der Waals surface area (Å²) in [6.45, 7) is 7.85. The molecule has 1 N–H and O–H groups in total. The Bertz CT molecular complexity index is 439. The van der Waals surface area contributed by atoms with Crippen molar-refractivity contribution in [3.05, 3.63) is 24.0 Å². The Kier molecular flexibility index (Phi) is 6.01. The molecule has 0 aliphatic rings. The average Bonchev–Trinajstić information content (AvgIpc) is 2.34. The lowest BCUT2D eigenvalue weighted by Crippen LogP contribution is -2.38. The third-order valence-electron chi connectivity index (χ3n) is 2.90. The highest BCUT2D eigenvalue weighted by molar-refractivity contribution is 5.51. The summed E-state index contributed by atoms with van der Waals surface area (Å²) >= 11 is 0. The normalized spacial score (nSPS) is 12.5. The number of hydrogen-bond acceptors (Lipinski definition) is 3. The van der Waals surface area contributed by atoms with Gasteiger partial charge >= 0.3 is 6.18 Å². The number of rotatable bonds is 6. The maximum atomic E-state index is 12.7. The van der Waals surface area contributed by atoms with Gasteiger partial charge in [-0.1, -0.05) is 6.92 Å². The fraction of sp³-hybridized carbons (Fsp3) is 0.667. The summed E-state index contributed by atoms with van der Waals surface area (Å²) in [5, 5.41) is 3.30. The third kappa shape index (κ3) is 6.80. The van der Waals surface area contributed by atoms with Crippen LogP contribution in [0.15, 0.2) is 18.5 Å². The topological polar surface area (TPSA) is 28.2 Å². The molecule has 0 saturated carbocycles. The van der Waals surface area contributed by atoms with Gasteiger partial charge in [0.1, 0.15) is 6.54 Å². The van der Waals surface area contributed by atoms with Crippen LogP contribution >= 0.6 is 0 Å². The van der Waals surface area contributed by atoms with Crippen molar-refractivity contribution in [1.82, 2.24) is 10.3 Å². The van der Waals surface area contributed by atoms with E-state index in [2.05, 4.69) is 10.3 Å². The van der Waals surface area contributed by atoms with Crippen LogP contribution in [0.4, 0.5) is 18.9 Å². The Labute approximate surface area is 124 Å². The molecular weight excluding hydrogens is 279 g/mol. The van der Waals surface area contributed by atoms with E-state index in [0.717, 1.165) is 5.56 Å². The molecule has 1 aromatic rings. The van der Waals surface area contributed by atoms with Crippen LogP contribution in [-0.2, 0) is 6.54 Å². The van der Waals surface area contributed by atoms with Gasteiger partial charge in [-0.3, -0.25) is 4.98 Å². The van der Waals surface area contributed by atoms with Gasteiger partial charge in [0.15, 0.2) is 0 Å². The van der Waals surface area contributed by atoms with Gasteiger partial charge in [0.25, 0.3) is 0 Å². The Balaban J connectivity index is 2.96. The maximum Gasteiger partial charge on any atom is 0.405 e. The summed E-state index contributed by atoms with van der Waals surface area (Å²) in [6, 6.07) is 1.77. The molecule has 0 bridgehead atoms. The van der Waals surface area contributed by atoms with E-state index >= 15 is 0 Å². The predicted molar refractivity (Wildman–Crippen MR) is 79.4 cm³/mol. The number of nitrogens with one attached hydrogen (secondary N) is 1. The van der Waals surface area contributed by atoms with Crippen molar-refractivity contribution in [2.24, 2.45) is 0 Å². The predicted octanol–water partition coefficient (Wildman–Crippen LogP) is 3.75. The number of anilines is 1. The van der Waals surface area contributed by atoms with Crippen LogP contribution in [0, 0.1) is 0 Å². The zero-order valence-electron chi connectivity index (χ0n) is 13.1. The van der Waals surface area contributed by atoms with E-state index in [-0.39, 0.29) is 5.54 Å². The fourth-order valence-corrected chi connectivity index (χ4v) is 1.98. The lowest BCUT2D eigenvalue weighted by Gasteiger charge is -2.28. The average molecular weight is 303 g/mol. The first-order valence-electron chi connectivity index (χ1n) is 7.12. The molecule has 1 aromatic heterocycles. The number of aromatic nitrogens is 1. The van der Waals surface area contributed by atoms with E-state index < -0.39 is 12.7 Å². The minimum Gasteiger partial charge on any atom is -0.361 e. The van der Waals surface area contributed by atoms with Gasteiger partial charge in [0.05, 0.1) is 11.9 Å². The SMILES string of the molecule is CCCN(CC(F)(F)F)c1cnccc1CNC(C)(C)C. The van der Waals surface area contributed by atoms with Crippen LogP contribution in [-0.4, -0.2) is 29.8 Å². The van der Waals surface area contributed by atoms with Gasteiger partial charge < -0.3 is 10.2 Å². The van der Waals surface area contributed by atoms with Crippen LogP contribution in [0.2, 0.25) is 0 Å². The van der Waals surface area contributed by atoms with Gasteiger partial charge in [-0.05, 0) is 38.8 Å². The van der Waals surface area contributed by atoms with Crippen LogP contribution in [0.5, 0.6) is 0 Å². The van der Waals surface area contributed by atoms with E-state index in [1.54, 1.807) is 12.3 Å². The van der Waals surface area contributed by atoms with Crippen molar-refractivity contribution in [3.8, 4) is 0 Å². The van der Waals surface area contributed by atoms with E-state index in [9.17, 15) is 13.2 Å². The Hall–Kier alpha value is -1.30. The molecule has 0 aliphatic heterocycles. The van der Waals surface area contributed by atoms with Crippen molar-refractivity contribution in [2.45, 2.75) is 52.4 Å². The summed E-state index contributed by atoms with van der Waals surface area (Å²) in [5.74, 6) is 0. The Morgan fingerprint density at radius 1 is 1.24 bits per heavy atom. The van der Waals surface area contributed by atoms with Crippen LogP contribution < -0.4 is 10.2 Å². The molecule has 0 aromatic carbocycles. The smallest absolute Gasteiger partial charge is 0.361 e. The fourth-order valence-electron chi connectivity index (χ4n) is 1.98. The summed E-state index contributed by atoms with van der Waals surface area (Å²) in [7, 11) is 0. The number of halogens is 3. The van der Waals surface area contributed by atoms with Gasteiger partial charge in [0.2, 0.25) is 0 Å². The number of nitrogens with zero attached hydrogens (tertiary/aromatic N) is 2. The second-order valence-corrected chi connectivity index (χ2v) is 6.14. The minimum absolute atomic E-state index is 0.0971. The highest BCUT2D eigenvalue weighted by atomic mass is 19.4. The third-order valence-corrected chi connectivity index (χ3v) is 2.90. The Morgan fingerprint density at radius 2 is 1.90 bits per heavy atom. The number of hydrogen-bond donors (Lipinski definition) is 1. The largest absolute Gasteiger partial charge is 0.405 e. The lowest BCUT2D eigenvalue weighted by molar-refractivity contribution is -0.119. The first-order chi connectivity index (χ1) is 9.62. The van der Waals surface area contributed by atoms with E-state index in [1.807, 2.05) is 27.7 Å². The van der Waals surface area contributed by atoms with Crippen molar-refractivity contribution < 1.29 is 13.2 Å². The maximum absolute atomic E-state index is 12.7. The molecular formula is C15H24F3N3. The molecule has 0 spiro atoms. The standard InChI is InChI=1S/C15H24F3N3/c1-5-8-21(11-15(16,17)18)13-10-19-7-6-12(13)9-20-14(2,3)4/h6-7,10,20H,5,8-9,11H2,1-4H3. The van der Waals surface area contributed by atoms with Crippen molar-refractivity contribution in [3.63, 3.8) is 0 Å². The quantitative estimate of drug-likeness (QED) is 0.867. The summed E-state index contributed by atoms with van der Waals surface area (Å²) in [5.41, 5.74) is 1.28. The van der Waals surface area contributed by atoms with Gasteiger partial charge in [-0.25, -0.2) is 0 Å². The molecule has 1 heterocycles. The second-order valence-electron chi connectivity index (χ2n) is 6.14. The molecule has 0 unspecified atom stereocenters. The summed E-state index contributed by atoms with van der Waals surface area (Å²) < 4.78 is 38.2. The molecule has 21 heavy (non-hydrogen) atoms. The van der Waals surface area contributed by atoms with Crippen molar-refractivity contribution in [1.29, 1.82) is 0 Å². The molecule has 0 fully saturated rings. The zero-order valence-corrected chi connectivity index (χ0v) is 13.1. The van der Waals surface area contributed by atoms with Crippen molar-refractivity contribution >= 4 is 5.69 Å². The zero-order chi connectivity index (χ0) is 16.1. The molecule has 1 rings (SSSR count). The minimum atomic E-state index is -4.22. The first kappa shape index (κ1) is 17.8. The molecule has 0 atom stereocenters. The van der Waals surface area contributed by atoms with Gasteiger partial charge in [-0.15, -0.1) is 0 Å². The highest BCUT2D eigenvalue weighted by Crippen LogP contribution is 2.25. The molecule has 3 nitrogen and oxygen atoms in total. The first-order valence-corrected chi connectivity index (χ1v) is 7.12. The molecule has 0 saturated heterocycles. The van der Waals surface area contributed by atoms with Gasteiger partial charge in [0, 0.05) is 24.8 Å². The number of pyridine rings is 1. The van der Waals surface area contributed by atoms with Gasteiger partial charge in [-0.2, -0.15) is 13.2 Å². The van der Waals surface area contributed by atoms with E-state index in [1.165, 1.54) is 11.1 Å². The molecule has 120 valence electrons. The monoisotopic (exact) mass is 303 g/mol. The second kappa shape index (κ2) is 7.11. The number of alkyl halides is 3. The molecule has 0 radical (unpaired) electrons.